The van der Waals surface area contributed by atoms with Crippen molar-refractivity contribution >= 4 is 17.8 Å². The molecule has 0 radical (unpaired) electrons. The Labute approximate surface area is 193 Å². The fourth-order valence-electron chi connectivity index (χ4n) is 3.61. The average Bonchev–Trinajstić information content (AvgIpc) is 2.76. The predicted molar refractivity (Wildman–Crippen MR) is 121 cm³/mol. The quantitative estimate of drug-likeness (QED) is 0.291. The lowest BCUT2D eigenvalue weighted by Crippen LogP contribution is -2.44. The predicted octanol–water partition coefficient (Wildman–Crippen LogP) is 2.47. The Bertz CT molecular complexity index is 849. The maximum absolute atomic E-state index is 13.0. The van der Waals surface area contributed by atoms with Gasteiger partial charge in [-0.2, -0.15) is 13.8 Å². The number of benzene rings is 1. The summed E-state index contributed by atoms with van der Waals surface area (Å²) in [5, 5.41) is 11.8. The number of ether oxygens (including phenoxy) is 1. The van der Waals surface area contributed by atoms with Crippen molar-refractivity contribution in [1.29, 1.82) is 0 Å². The number of amides is 2. The summed E-state index contributed by atoms with van der Waals surface area (Å²) in [5.74, 6) is -4.28. The zero-order chi connectivity index (χ0) is 24.6. The van der Waals surface area contributed by atoms with Gasteiger partial charge in [-0.25, -0.2) is 0 Å². The number of hydrogen-bond acceptors (Lipinski definition) is 4. The fourth-order valence-corrected chi connectivity index (χ4v) is 3.61. The standard InChI is InChI=1S/C23H34F2N4O4/c1-15-13-18(6-7-19(15)20(31)27-16(2)14-30)33-12-4-5-17-8-10-29(11-9-17)22(26)28-21(32)23(3,24)25/h6-7,13,16-17,30H,4-5,8-12,14H2,1-3H3,(H,27,31)(H2,26,28,32). The minimum Gasteiger partial charge on any atom is -0.494 e. The number of nitrogens with one attached hydrogen (secondary N) is 1. The summed E-state index contributed by atoms with van der Waals surface area (Å²) in [5.41, 5.74) is 7.05. The lowest BCUT2D eigenvalue weighted by Gasteiger charge is -2.32. The van der Waals surface area contributed by atoms with Crippen LogP contribution in [0.4, 0.5) is 8.78 Å². The van der Waals surface area contributed by atoms with E-state index < -0.39 is 11.8 Å². The Morgan fingerprint density at radius 1 is 1.36 bits per heavy atom. The number of aliphatic imine (C=N–C) groups is 1. The average molecular weight is 469 g/mol. The summed E-state index contributed by atoms with van der Waals surface area (Å²) in [6, 6.07) is 4.98. The van der Waals surface area contributed by atoms with Crippen molar-refractivity contribution in [2.75, 3.05) is 26.3 Å². The zero-order valence-electron chi connectivity index (χ0n) is 19.4. The monoisotopic (exact) mass is 468 g/mol. The van der Waals surface area contributed by atoms with E-state index in [2.05, 4.69) is 10.3 Å². The van der Waals surface area contributed by atoms with E-state index in [9.17, 15) is 18.4 Å². The summed E-state index contributed by atoms with van der Waals surface area (Å²) < 4.78 is 31.8. The van der Waals surface area contributed by atoms with Crippen molar-refractivity contribution in [3.05, 3.63) is 29.3 Å². The van der Waals surface area contributed by atoms with Crippen LogP contribution in [0.1, 0.15) is 55.5 Å². The van der Waals surface area contributed by atoms with Crippen LogP contribution in [0.2, 0.25) is 0 Å². The molecule has 4 N–H and O–H groups in total. The summed E-state index contributed by atoms with van der Waals surface area (Å²) >= 11 is 0. The summed E-state index contributed by atoms with van der Waals surface area (Å²) in [7, 11) is 0. The van der Waals surface area contributed by atoms with Gasteiger partial charge in [-0.05, 0) is 69.2 Å². The van der Waals surface area contributed by atoms with Gasteiger partial charge in [0.1, 0.15) is 5.75 Å². The summed E-state index contributed by atoms with van der Waals surface area (Å²) in [6.45, 7) is 5.63. The van der Waals surface area contributed by atoms with Crippen LogP contribution in [-0.4, -0.2) is 66.0 Å². The van der Waals surface area contributed by atoms with E-state index in [4.69, 9.17) is 15.6 Å². The number of aliphatic hydroxyl groups excluding tert-OH is 1. The van der Waals surface area contributed by atoms with Crippen molar-refractivity contribution in [1.82, 2.24) is 10.2 Å². The molecule has 1 saturated heterocycles. The molecule has 8 nitrogen and oxygen atoms in total. The molecule has 0 bridgehead atoms. The van der Waals surface area contributed by atoms with Crippen molar-refractivity contribution in [3.63, 3.8) is 0 Å². The Morgan fingerprint density at radius 2 is 2.03 bits per heavy atom. The number of alkyl halides is 2. The van der Waals surface area contributed by atoms with Crippen LogP contribution in [-0.2, 0) is 4.79 Å². The minimum atomic E-state index is -3.52. The third-order valence-corrected chi connectivity index (χ3v) is 5.65. The number of guanidine groups is 1. The van der Waals surface area contributed by atoms with Gasteiger partial charge in [0.25, 0.3) is 5.91 Å². The lowest BCUT2D eigenvalue weighted by atomic mass is 9.92. The van der Waals surface area contributed by atoms with Gasteiger partial charge in [0.2, 0.25) is 0 Å². The number of carbonyl (C=O) groups is 2. The molecule has 1 aliphatic rings. The first-order chi connectivity index (χ1) is 15.5. The smallest absolute Gasteiger partial charge is 0.324 e. The van der Waals surface area contributed by atoms with Crippen LogP contribution in [0.3, 0.4) is 0 Å². The Balaban J connectivity index is 1.73. The van der Waals surface area contributed by atoms with Crippen LogP contribution in [0.15, 0.2) is 23.2 Å². The molecule has 2 amide bonds. The number of aryl methyl sites for hydroxylation is 1. The van der Waals surface area contributed by atoms with Gasteiger partial charge in [-0.1, -0.05) is 0 Å². The summed E-state index contributed by atoms with van der Waals surface area (Å²) in [6.07, 6.45) is 3.48. The highest BCUT2D eigenvalue weighted by atomic mass is 19.3. The maximum Gasteiger partial charge on any atom is 0.324 e. The Hall–Kier alpha value is -2.75. The topological polar surface area (TPSA) is 117 Å². The van der Waals surface area contributed by atoms with E-state index in [1.165, 1.54) is 0 Å². The molecule has 1 atom stereocenters. The van der Waals surface area contributed by atoms with Crippen LogP contribution in [0, 0.1) is 12.8 Å². The molecule has 1 fully saturated rings. The third kappa shape index (κ3) is 8.27. The molecule has 1 aliphatic heterocycles. The number of piperidine rings is 1. The van der Waals surface area contributed by atoms with Crippen LogP contribution >= 0.6 is 0 Å². The van der Waals surface area contributed by atoms with Crippen molar-refractivity contribution in [2.24, 2.45) is 16.6 Å². The number of rotatable bonds is 9. The molecule has 184 valence electrons. The molecule has 33 heavy (non-hydrogen) atoms. The largest absolute Gasteiger partial charge is 0.494 e. The van der Waals surface area contributed by atoms with E-state index in [1.807, 2.05) is 13.0 Å². The molecule has 0 aromatic heterocycles. The highest BCUT2D eigenvalue weighted by molar-refractivity contribution is 5.96. The van der Waals surface area contributed by atoms with E-state index in [-0.39, 0.29) is 24.5 Å². The lowest BCUT2D eigenvalue weighted by molar-refractivity contribution is -0.139. The van der Waals surface area contributed by atoms with E-state index >= 15 is 0 Å². The number of carbonyl (C=O) groups excluding carboxylic acids is 2. The highest BCUT2D eigenvalue weighted by Gasteiger charge is 2.33. The van der Waals surface area contributed by atoms with Crippen LogP contribution in [0.5, 0.6) is 5.75 Å². The number of likely N-dealkylation sites (tertiary alicyclic amines) is 1. The second-order valence-corrected chi connectivity index (χ2v) is 8.62. The van der Waals surface area contributed by atoms with Gasteiger partial charge >= 0.3 is 11.8 Å². The molecule has 1 unspecified atom stereocenters. The number of aliphatic hydroxyl groups is 1. The molecule has 0 saturated carbocycles. The van der Waals surface area contributed by atoms with Gasteiger partial charge < -0.3 is 25.8 Å². The van der Waals surface area contributed by atoms with E-state index in [0.717, 1.165) is 31.2 Å². The third-order valence-electron chi connectivity index (χ3n) is 5.65. The van der Waals surface area contributed by atoms with E-state index in [1.54, 1.807) is 24.0 Å². The number of halogens is 2. The van der Waals surface area contributed by atoms with Crippen LogP contribution < -0.4 is 15.8 Å². The SMILES string of the molecule is Cc1cc(OCCCC2CCN(C(N)=NC(=O)C(C)(F)F)CC2)ccc1C(=O)NC(C)CO. The van der Waals surface area contributed by atoms with E-state index in [0.29, 0.717) is 43.9 Å². The first kappa shape index (κ1) is 26.5. The molecule has 0 spiro atoms. The molecule has 10 heteroatoms. The van der Waals surface area contributed by atoms with Gasteiger partial charge in [0, 0.05) is 31.6 Å². The molecule has 0 aliphatic carbocycles. The molecular formula is C23H34F2N4O4. The van der Waals surface area contributed by atoms with Crippen LogP contribution in [0.25, 0.3) is 0 Å². The number of hydrogen-bond donors (Lipinski definition) is 3. The normalized spacial score (nSPS) is 16.4. The zero-order valence-corrected chi connectivity index (χ0v) is 19.4. The van der Waals surface area contributed by atoms with Gasteiger partial charge in [0.05, 0.1) is 13.2 Å². The first-order valence-electron chi connectivity index (χ1n) is 11.2. The summed E-state index contributed by atoms with van der Waals surface area (Å²) in [4.78, 5) is 28.5. The van der Waals surface area contributed by atoms with Crippen molar-refractivity contribution < 1.29 is 28.2 Å². The second kappa shape index (κ2) is 11.9. The number of nitrogens with zero attached hydrogens (tertiary/aromatic N) is 2. The first-order valence-corrected chi connectivity index (χ1v) is 11.2. The molecule has 2 rings (SSSR count). The molecule has 1 aromatic rings. The van der Waals surface area contributed by atoms with Gasteiger partial charge in [-0.3, -0.25) is 9.59 Å². The fraction of sp³-hybridized carbons (Fsp3) is 0.609. The molecule has 1 heterocycles. The Morgan fingerprint density at radius 3 is 2.61 bits per heavy atom. The molecule has 1 aromatic carbocycles. The minimum absolute atomic E-state index is 0.122. The van der Waals surface area contributed by atoms with Gasteiger partial charge in [-0.15, -0.1) is 0 Å². The van der Waals surface area contributed by atoms with Crippen molar-refractivity contribution in [2.45, 2.75) is 58.4 Å². The Kier molecular flexibility index (Phi) is 9.57. The highest BCUT2D eigenvalue weighted by Crippen LogP contribution is 2.23. The molecular weight excluding hydrogens is 434 g/mol. The van der Waals surface area contributed by atoms with Crippen molar-refractivity contribution in [3.8, 4) is 5.75 Å². The van der Waals surface area contributed by atoms with Gasteiger partial charge in [0.15, 0.2) is 5.96 Å². The maximum atomic E-state index is 13.0. The second-order valence-electron chi connectivity index (χ2n) is 8.62. The number of nitrogens with two attached hydrogens (primary N) is 1.